The Kier molecular flexibility index (Phi) is 4.63. The monoisotopic (exact) mass is 319 g/mol. The van der Waals surface area contributed by atoms with Crippen LogP contribution >= 0.6 is 0 Å². The molecule has 1 aliphatic heterocycles. The van der Waals surface area contributed by atoms with Crippen LogP contribution in [0.2, 0.25) is 0 Å². The summed E-state index contributed by atoms with van der Waals surface area (Å²) in [7, 11) is 2.82. The van der Waals surface area contributed by atoms with Gasteiger partial charge in [0.2, 0.25) is 0 Å². The van der Waals surface area contributed by atoms with Crippen LogP contribution < -0.4 is 10.1 Å². The van der Waals surface area contributed by atoms with Crippen molar-refractivity contribution in [2.75, 3.05) is 14.2 Å². The van der Waals surface area contributed by atoms with Crippen molar-refractivity contribution in [3.63, 3.8) is 0 Å². The molecule has 0 bridgehead atoms. The molecule has 0 saturated heterocycles. The number of carboxylic acids is 1. The first kappa shape index (κ1) is 16.9. The Morgan fingerprint density at radius 1 is 1.22 bits per heavy atom. The largest absolute Gasteiger partial charge is 0.496 e. The number of carbonyl (C=O) groups excluding carboxylic acids is 1. The fourth-order valence-electron chi connectivity index (χ4n) is 3.06. The van der Waals surface area contributed by atoms with Crippen molar-refractivity contribution in [2.24, 2.45) is 5.92 Å². The van der Waals surface area contributed by atoms with E-state index in [1.807, 2.05) is 13.8 Å². The molecule has 23 heavy (non-hydrogen) atoms. The summed E-state index contributed by atoms with van der Waals surface area (Å²) in [5, 5.41) is 12.6. The highest BCUT2D eigenvalue weighted by atomic mass is 16.5. The molecule has 6 nitrogen and oxygen atoms in total. The first-order valence-corrected chi connectivity index (χ1v) is 7.25. The number of esters is 1. The molecule has 1 aromatic rings. The third-order valence-corrected chi connectivity index (χ3v) is 4.22. The fourth-order valence-corrected chi connectivity index (χ4v) is 3.06. The summed E-state index contributed by atoms with van der Waals surface area (Å²) < 4.78 is 10.3. The topological polar surface area (TPSA) is 84.9 Å². The number of carbonyl (C=O) groups is 2. The molecule has 2 rings (SSSR count). The Bertz CT molecular complexity index is 650. The lowest BCUT2D eigenvalue weighted by atomic mass is 9.69. The van der Waals surface area contributed by atoms with E-state index >= 15 is 0 Å². The SMILES string of the molecule is COC(=O)C1C(c2ccccc2OC)C(C(=O)O)=CNC1(C)C. The Hall–Kier alpha value is -2.50. The van der Waals surface area contributed by atoms with Gasteiger partial charge in [0.25, 0.3) is 0 Å². The van der Waals surface area contributed by atoms with Crippen LogP contribution in [0.1, 0.15) is 25.3 Å². The predicted molar refractivity (Wildman–Crippen MR) is 84.2 cm³/mol. The number of rotatable bonds is 4. The first-order chi connectivity index (χ1) is 10.8. The van der Waals surface area contributed by atoms with Crippen LogP contribution in [-0.2, 0) is 14.3 Å². The third kappa shape index (κ3) is 3.02. The molecule has 0 spiro atoms. The molecule has 2 N–H and O–H groups in total. The number of para-hydroxylation sites is 1. The van der Waals surface area contributed by atoms with E-state index in [1.54, 1.807) is 24.3 Å². The number of methoxy groups -OCH3 is 2. The first-order valence-electron chi connectivity index (χ1n) is 7.25. The number of benzene rings is 1. The predicted octanol–water partition coefficient (Wildman–Crippen LogP) is 1.92. The van der Waals surface area contributed by atoms with Crippen molar-refractivity contribution in [1.82, 2.24) is 5.32 Å². The maximum Gasteiger partial charge on any atom is 0.333 e. The van der Waals surface area contributed by atoms with E-state index in [4.69, 9.17) is 9.47 Å². The molecule has 2 atom stereocenters. The Labute approximate surface area is 135 Å². The summed E-state index contributed by atoms with van der Waals surface area (Å²) in [6.45, 7) is 3.68. The molecule has 0 aromatic heterocycles. The van der Waals surface area contributed by atoms with E-state index in [2.05, 4.69) is 5.32 Å². The molecule has 0 fully saturated rings. The maximum atomic E-state index is 12.4. The highest BCUT2D eigenvalue weighted by Crippen LogP contribution is 2.44. The number of ether oxygens (including phenoxy) is 2. The van der Waals surface area contributed by atoms with Gasteiger partial charge in [-0.05, 0) is 19.9 Å². The van der Waals surface area contributed by atoms with Gasteiger partial charge in [-0.15, -0.1) is 0 Å². The molecule has 1 aromatic carbocycles. The van der Waals surface area contributed by atoms with E-state index < -0.39 is 29.3 Å². The molecule has 0 aliphatic carbocycles. The average molecular weight is 319 g/mol. The minimum absolute atomic E-state index is 0.101. The lowest BCUT2D eigenvalue weighted by molar-refractivity contribution is -0.149. The van der Waals surface area contributed by atoms with Gasteiger partial charge in [0.1, 0.15) is 5.75 Å². The van der Waals surface area contributed by atoms with Crippen LogP contribution in [0.25, 0.3) is 0 Å². The highest BCUT2D eigenvalue weighted by Gasteiger charge is 2.48. The second kappa shape index (κ2) is 6.32. The number of carboxylic acid groups (broad SMARTS) is 1. The molecule has 124 valence electrons. The maximum absolute atomic E-state index is 12.4. The van der Waals surface area contributed by atoms with Crippen molar-refractivity contribution in [3.05, 3.63) is 41.6 Å². The number of hydrogen-bond donors (Lipinski definition) is 2. The fraction of sp³-hybridized carbons (Fsp3) is 0.412. The smallest absolute Gasteiger partial charge is 0.333 e. The van der Waals surface area contributed by atoms with Gasteiger partial charge in [-0.3, -0.25) is 4.79 Å². The number of nitrogens with one attached hydrogen (secondary N) is 1. The van der Waals surface area contributed by atoms with Gasteiger partial charge in [0.15, 0.2) is 0 Å². The summed E-state index contributed by atoms with van der Waals surface area (Å²) in [6, 6.07) is 7.11. The number of aliphatic carboxylic acids is 1. The zero-order valence-corrected chi connectivity index (χ0v) is 13.6. The van der Waals surface area contributed by atoms with Gasteiger partial charge >= 0.3 is 11.9 Å². The Balaban J connectivity index is 2.68. The van der Waals surface area contributed by atoms with Crippen molar-refractivity contribution in [1.29, 1.82) is 0 Å². The van der Waals surface area contributed by atoms with Crippen LogP contribution in [-0.4, -0.2) is 36.8 Å². The minimum atomic E-state index is -1.09. The highest BCUT2D eigenvalue weighted by molar-refractivity contribution is 5.91. The summed E-state index contributed by atoms with van der Waals surface area (Å²) in [5.41, 5.74) is 0.0789. The lowest BCUT2D eigenvalue weighted by Crippen LogP contribution is -2.54. The van der Waals surface area contributed by atoms with Gasteiger partial charge in [-0.25, -0.2) is 4.79 Å². The standard InChI is InChI=1S/C17H21NO5/c1-17(2)14(16(21)23-4)13(11(9-18-17)15(19)20)10-7-5-6-8-12(10)22-3/h5-9,13-14,18H,1-4H3,(H,19,20). The minimum Gasteiger partial charge on any atom is -0.496 e. The van der Waals surface area contributed by atoms with Crippen molar-refractivity contribution in [2.45, 2.75) is 25.3 Å². The molecule has 1 heterocycles. The van der Waals surface area contributed by atoms with Crippen molar-refractivity contribution < 1.29 is 24.2 Å². The molecule has 0 amide bonds. The van der Waals surface area contributed by atoms with Gasteiger partial charge in [0.05, 0.1) is 25.7 Å². The summed E-state index contributed by atoms with van der Waals surface area (Å²) in [6.07, 6.45) is 1.46. The Morgan fingerprint density at radius 2 is 1.87 bits per heavy atom. The molecule has 0 radical (unpaired) electrons. The van der Waals surface area contributed by atoms with Crippen LogP contribution in [0.15, 0.2) is 36.0 Å². The van der Waals surface area contributed by atoms with Gasteiger partial charge < -0.3 is 19.9 Å². The van der Waals surface area contributed by atoms with E-state index in [-0.39, 0.29) is 5.57 Å². The lowest BCUT2D eigenvalue weighted by Gasteiger charge is -2.42. The Morgan fingerprint density at radius 3 is 2.43 bits per heavy atom. The molecular formula is C17H21NO5. The number of hydrogen-bond acceptors (Lipinski definition) is 5. The average Bonchev–Trinajstić information content (AvgIpc) is 2.52. The van der Waals surface area contributed by atoms with Crippen molar-refractivity contribution in [3.8, 4) is 5.75 Å². The van der Waals surface area contributed by atoms with Crippen LogP contribution in [0, 0.1) is 5.92 Å². The summed E-state index contributed by atoms with van der Waals surface area (Å²) in [5.74, 6) is -2.40. The second-order valence-corrected chi connectivity index (χ2v) is 5.99. The summed E-state index contributed by atoms with van der Waals surface area (Å²) >= 11 is 0. The van der Waals surface area contributed by atoms with Crippen LogP contribution in [0.3, 0.4) is 0 Å². The van der Waals surface area contributed by atoms with E-state index in [1.165, 1.54) is 20.4 Å². The van der Waals surface area contributed by atoms with Gasteiger partial charge in [0, 0.05) is 23.2 Å². The molecule has 2 unspecified atom stereocenters. The molecule has 6 heteroatoms. The zero-order chi connectivity index (χ0) is 17.2. The molecular weight excluding hydrogens is 298 g/mol. The van der Waals surface area contributed by atoms with Gasteiger partial charge in [-0.2, -0.15) is 0 Å². The molecule has 1 aliphatic rings. The van der Waals surface area contributed by atoms with E-state index in [9.17, 15) is 14.7 Å². The van der Waals surface area contributed by atoms with Crippen molar-refractivity contribution >= 4 is 11.9 Å². The van der Waals surface area contributed by atoms with Crippen LogP contribution in [0.4, 0.5) is 0 Å². The summed E-state index contributed by atoms with van der Waals surface area (Å²) in [4.78, 5) is 24.1. The van der Waals surface area contributed by atoms with E-state index in [0.29, 0.717) is 11.3 Å². The molecule has 0 saturated carbocycles. The quantitative estimate of drug-likeness (QED) is 0.825. The van der Waals surface area contributed by atoms with Gasteiger partial charge in [-0.1, -0.05) is 18.2 Å². The normalized spacial score (nSPS) is 22.5. The van der Waals surface area contributed by atoms with E-state index in [0.717, 1.165) is 0 Å². The zero-order valence-electron chi connectivity index (χ0n) is 13.6. The second-order valence-electron chi connectivity index (χ2n) is 5.99. The van der Waals surface area contributed by atoms with Crippen LogP contribution in [0.5, 0.6) is 5.75 Å². The third-order valence-electron chi connectivity index (χ3n) is 4.22.